The number of carbonyl (C=O) groups is 2. The number of benzene rings is 2. The average molecular weight is 517 g/mol. The molecule has 200 valence electrons. The highest BCUT2D eigenvalue weighted by molar-refractivity contribution is 5.93. The SMILES string of the molecule is COC(=O)c1cnc(C(=O)N2CCCC(c3ccccc3)CCN(C)Cc3cc(C)ccc3OCC2)cn1. The normalized spacial score (nSPS) is 17.6. The Kier molecular flexibility index (Phi) is 9.43. The lowest BCUT2D eigenvalue weighted by atomic mass is 9.91. The van der Waals surface area contributed by atoms with Gasteiger partial charge in [-0.1, -0.05) is 48.0 Å². The van der Waals surface area contributed by atoms with Crippen molar-refractivity contribution in [2.45, 2.75) is 38.6 Å². The molecule has 8 heteroatoms. The minimum absolute atomic E-state index is 0.0657. The lowest BCUT2D eigenvalue weighted by Crippen LogP contribution is -2.36. The molecule has 3 aromatic rings. The van der Waals surface area contributed by atoms with Crippen LogP contribution in [0.3, 0.4) is 0 Å². The molecule has 4 rings (SSSR count). The van der Waals surface area contributed by atoms with Crippen molar-refractivity contribution < 1.29 is 19.1 Å². The number of carbonyl (C=O) groups excluding carboxylic acids is 2. The van der Waals surface area contributed by atoms with Gasteiger partial charge in [-0.15, -0.1) is 0 Å². The summed E-state index contributed by atoms with van der Waals surface area (Å²) in [6.07, 6.45) is 5.45. The molecule has 0 radical (unpaired) electrons. The number of amides is 1. The molecule has 0 saturated carbocycles. The first-order valence-corrected chi connectivity index (χ1v) is 13.1. The Morgan fingerprint density at radius 3 is 2.47 bits per heavy atom. The van der Waals surface area contributed by atoms with Crippen LogP contribution in [0.4, 0.5) is 0 Å². The van der Waals surface area contributed by atoms with E-state index in [4.69, 9.17) is 4.74 Å². The van der Waals surface area contributed by atoms with E-state index in [0.717, 1.165) is 43.7 Å². The summed E-state index contributed by atoms with van der Waals surface area (Å²) in [4.78, 5) is 37.5. The van der Waals surface area contributed by atoms with Gasteiger partial charge in [-0.2, -0.15) is 0 Å². The van der Waals surface area contributed by atoms with Crippen LogP contribution in [0.1, 0.15) is 62.8 Å². The van der Waals surface area contributed by atoms with Gasteiger partial charge in [0, 0.05) is 18.7 Å². The molecule has 0 fully saturated rings. The maximum absolute atomic E-state index is 13.4. The van der Waals surface area contributed by atoms with E-state index in [0.29, 0.717) is 25.6 Å². The number of esters is 1. The minimum atomic E-state index is -0.588. The van der Waals surface area contributed by atoms with Crippen LogP contribution >= 0.6 is 0 Å². The zero-order chi connectivity index (χ0) is 26.9. The van der Waals surface area contributed by atoms with Crippen LogP contribution < -0.4 is 4.74 Å². The van der Waals surface area contributed by atoms with Crippen LogP contribution in [-0.2, 0) is 11.3 Å². The Hall–Kier alpha value is -3.78. The Balaban J connectivity index is 1.57. The molecule has 2 aromatic carbocycles. The summed E-state index contributed by atoms with van der Waals surface area (Å²) in [5, 5.41) is 0. The van der Waals surface area contributed by atoms with Crippen LogP contribution in [0.25, 0.3) is 0 Å². The Morgan fingerprint density at radius 1 is 0.974 bits per heavy atom. The second kappa shape index (κ2) is 13.1. The summed E-state index contributed by atoms with van der Waals surface area (Å²) in [5.74, 6) is 0.416. The highest BCUT2D eigenvalue weighted by Gasteiger charge is 2.21. The standard InChI is InChI=1S/C30H36N4O4/c1-22-11-12-28-25(18-22)21-33(2)15-13-24(23-8-5-4-6-9-23)10-7-14-34(16-17-38-28)29(35)26-19-32-27(20-31-26)30(36)37-3/h4-6,8-9,11-12,18-20,24H,7,10,13-17,21H2,1-3H3. The minimum Gasteiger partial charge on any atom is -0.491 e. The van der Waals surface area contributed by atoms with Crippen molar-refractivity contribution in [3.63, 3.8) is 0 Å². The number of nitrogens with zero attached hydrogens (tertiary/aromatic N) is 4. The molecule has 8 nitrogen and oxygen atoms in total. The Morgan fingerprint density at radius 2 is 1.74 bits per heavy atom. The molecule has 0 spiro atoms. The number of aryl methyl sites for hydroxylation is 1. The zero-order valence-electron chi connectivity index (χ0n) is 22.4. The maximum Gasteiger partial charge on any atom is 0.358 e. The van der Waals surface area contributed by atoms with E-state index in [-0.39, 0.29) is 17.3 Å². The zero-order valence-corrected chi connectivity index (χ0v) is 22.4. The van der Waals surface area contributed by atoms with Crippen molar-refractivity contribution in [3.8, 4) is 5.75 Å². The summed E-state index contributed by atoms with van der Waals surface area (Å²) in [6, 6.07) is 16.9. The molecular formula is C30H36N4O4. The van der Waals surface area contributed by atoms with Crippen molar-refractivity contribution in [1.29, 1.82) is 0 Å². The van der Waals surface area contributed by atoms with Crippen LogP contribution in [0.15, 0.2) is 60.9 Å². The summed E-state index contributed by atoms with van der Waals surface area (Å²) < 4.78 is 10.9. The number of methoxy groups -OCH3 is 1. The highest BCUT2D eigenvalue weighted by atomic mass is 16.5. The van der Waals surface area contributed by atoms with E-state index >= 15 is 0 Å². The fraction of sp³-hybridized carbons (Fsp3) is 0.400. The van der Waals surface area contributed by atoms with E-state index < -0.39 is 5.97 Å². The fourth-order valence-electron chi connectivity index (χ4n) is 4.84. The van der Waals surface area contributed by atoms with Gasteiger partial charge < -0.3 is 19.3 Å². The number of fused-ring (bicyclic) bond motifs is 1. The fourth-order valence-corrected chi connectivity index (χ4v) is 4.84. The molecule has 1 aromatic heterocycles. The van der Waals surface area contributed by atoms with E-state index in [1.54, 1.807) is 4.90 Å². The molecule has 0 aliphatic carbocycles. The molecule has 1 amide bonds. The molecule has 0 bridgehead atoms. The first-order valence-electron chi connectivity index (χ1n) is 13.1. The summed E-state index contributed by atoms with van der Waals surface area (Å²) in [5.41, 5.74) is 3.92. The van der Waals surface area contributed by atoms with Crippen LogP contribution in [0.2, 0.25) is 0 Å². The van der Waals surface area contributed by atoms with Gasteiger partial charge in [0.15, 0.2) is 5.69 Å². The first-order chi connectivity index (χ1) is 18.4. The lowest BCUT2D eigenvalue weighted by Gasteiger charge is -2.27. The largest absolute Gasteiger partial charge is 0.491 e. The lowest BCUT2D eigenvalue weighted by molar-refractivity contribution is 0.0591. The number of ether oxygens (including phenoxy) is 2. The average Bonchev–Trinajstić information content (AvgIpc) is 2.94. The monoisotopic (exact) mass is 516 g/mol. The topological polar surface area (TPSA) is 84.9 Å². The smallest absolute Gasteiger partial charge is 0.358 e. The number of aromatic nitrogens is 2. The summed E-state index contributed by atoms with van der Waals surface area (Å²) in [7, 11) is 3.44. The van der Waals surface area contributed by atoms with E-state index in [2.05, 4.69) is 70.0 Å². The predicted molar refractivity (Wildman–Crippen MR) is 145 cm³/mol. The van der Waals surface area contributed by atoms with Crippen molar-refractivity contribution in [2.75, 3.05) is 40.4 Å². The van der Waals surface area contributed by atoms with Gasteiger partial charge in [-0.3, -0.25) is 4.79 Å². The van der Waals surface area contributed by atoms with Gasteiger partial charge in [-0.25, -0.2) is 14.8 Å². The van der Waals surface area contributed by atoms with Crippen LogP contribution in [0, 0.1) is 6.92 Å². The van der Waals surface area contributed by atoms with Crippen molar-refractivity contribution in [1.82, 2.24) is 19.8 Å². The van der Waals surface area contributed by atoms with Crippen molar-refractivity contribution in [3.05, 3.63) is 89.0 Å². The Bertz CT molecular complexity index is 1220. The van der Waals surface area contributed by atoms with Gasteiger partial charge in [0.1, 0.15) is 18.1 Å². The third-order valence-electron chi connectivity index (χ3n) is 6.94. The second-order valence-corrected chi connectivity index (χ2v) is 9.81. The van der Waals surface area contributed by atoms with Gasteiger partial charge in [0.25, 0.3) is 5.91 Å². The van der Waals surface area contributed by atoms with Crippen LogP contribution in [-0.4, -0.2) is 72.0 Å². The molecule has 1 aliphatic heterocycles. The van der Waals surface area contributed by atoms with E-state index in [1.807, 2.05) is 12.1 Å². The van der Waals surface area contributed by atoms with Gasteiger partial charge in [0.2, 0.25) is 0 Å². The number of hydrogen-bond acceptors (Lipinski definition) is 7. The third-order valence-corrected chi connectivity index (χ3v) is 6.94. The molecule has 1 unspecified atom stereocenters. The predicted octanol–water partition coefficient (Wildman–Crippen LogP) is 4.49. The molecule has 1 atom stereocenters. The van der Waals surface area contributed by atoms with Crippen molar-refractivity contribution >= 4 is 11.9 Å². The molecule has 0 saturated heterocycles. The maximum atomic E-state index is 13.4. The van der Waals surface area contributed by atoms with Crippen molar-refractivity contribution in [2.24, 2.45) is 0 Å². The third kappa shape index (κ3) is 7.16. The Labute approximate surface area is 224 Å². The highest BCUT2D eigenvalue weighted by Crippen LogP contribution is 2.27. The molecule has 0 N–H and O–H groups in total. The quantitative estimate of drug-likeness (QED) is 0.474. The summed E-state index contributed by atoms with van der Waals surface area (Å²) >= 11 is 0. The van der Waals surface area contributed by atoms with Gasteiger partial charge >= 0.3 is 5.97 Å². The van der Waals surface area contributed by atoms with E-state index in [9.17, 15) is 9.59 Å². The number of hydrogen-bond donors (Lipinski definition) is 0. The second-order valence-electron chi connectivity index (χ2n) is 9.81. The van der Waals surface area contributed by atoms with Crippen LogP contribution in [0.5, 0.6) is 5.75 Å². The number of rotatable bonds is 3. The van der Waals surface area contributed by atoms with Gasteiger partial charge in [0.05, 0.1) is 26.0 Å². The van der Waals surface area contributed by atoms with Gasteiger partial charge in [-0.05, 0) is 57.3 Å². The molecular weight excluding hydrogens is 480 g/mol. The molecule has 38 heavy (non-hydrogen) atoms. The molecule has 1 aliphatic rings. The van der Waals surface area contributed by atoms with E-state index in [1.165, 1.54) is 30.6 Å². The first kappa shape index (κ1) is 27.3. The molecule has 2 heterocycles. The summed E-state index contributed by atoms with van der Waals surface area (Å²) in [6.45, 7) is 5.19.